The van der Waals surface area contributed by atoms with Crippen LogP contribution in [0.2, 0.25) is 0 Å². The normalized spacial score (nSPS) is 13.1. The van der Waals surface area contributed by atoms with Crippen molar-refractivity contribution < 1.29 is 18.7 Å². The third kappa shape index (κ3) is 6.57. The minimum Gasteiger partial charge on any atom is -0.486 e. The lowest BCUT2D eigenvalue weighted by atomic mass is 10.1. The molecule has 0 unspecified atom stereocenters. The molecule has 42 heavy (non-hydrogen) atoms. The standard InChI is InChI=1S/C28H30FN7O2.CHNO2/c1-2-36-23-16-25-24(37-12-13-38-25)15-21(23)35-26(36)7-10-30-9-6-19-14-18-5-11-32-28(27(18)34-19)33-17-22-20(29)4-3-8-31-22;3-1-2-4/h3-5,8,11,15-16,30H,2,6-7,9-10,12-14,17H2,1H3,(H,32,33);1H. The molecule has 0 aliphatic carbocycles. The van der Waals surface area contributed by atoms with Crippen LogP contribution in [0.25, 0.3) is 11.0 Å². The summed E-state index contributed by atoms with van der Waals surface area (Å²) in [5.41, 5.74) is 5.45. The van der Waals surface area contributed by atoms with Gasteiger partial charge in [-0.2, -0.15) is 0 Å². The number of amides is 1. The summed E-state index contributed by atoms with van der Waals surface area (Å²) in [7, 11) is 0. The zero-order chi connectivity index (χ0) is 29.3. The molecule has 0 radical (unpaired) electrons. The molecule has 13 heteroatoms. The Morgan fingerprint density at radius 3 is 2.64 bits per heavy atom. The number of nitrogens with one attached hydrogen (secondary N) is 2. The lowest BCUT2D eigenvalue weighted by Gasteiger charge is -2.18. The molecule has 1 amide bonds. The average molecular weight is 575 g/mol. The third-order valence-electron chi connectivity index (χ3n) is 6.90. The zero-order valence-corrected chi connectivity index (χ0v) is 23.2. The summed E-state index contributed by atoms with van der Waals surface area (Å²) in [6, 6.07) is 9.00. The number of aliphatic imine (C=N–C) groups is 1. The van der Waals surface area contributed by atoms with Crippen LogP contribution in [0.15, 0.2) is 52.9 Å². The number of ether oxygens (including phenoxy) is 2. The fourth-order valence-corrected chi connectivity index (χ4v) is 4.98. The van der Waals surface area contributed by atoms with Crippen molar-refractivity contribution in [3.8, 4) is 11.5 Å². The Kier molecular flexibility index (Phi) is 9.39. The first-order valence-electron chi connectivity index (χ1n) is 13.7. The van der Waals surface area contributed by atoms with Crippen molar-refractivity contribution in [3.05, 3.63) is 70.5 Å². The lowest BCUT2D eigenvalue weighted by molar-refractivity contribution is -0.106. The van der Waals surface area contributed by atoms with Crippen molar-refractivity contribution in [1.29, 1.82) is 0 Å². The zero-order valence-electron chi connectivity index (χ0n) is 23.2. The van der Waals surface area contributed by atoms with Gasteiger partial charge < -0.3 is 24.7 Å². The molecule has 218 valence electrons. The molecule has 0 saturated carbocycles. The first-order chi connectivity index (χ1) is 20.6. The maximum atomic E-state index is 13.9. The minimum atomic E-state index is -0.334. The molecule has 12 nitrogen and oxygen atoms in total. The van der Waals surface area contributed by atoms with Crippen LogP contribution in [0.4, 0.5) is 15.9 Å². The number of carbonyl (C=O) groups excluding carboxylic acids is 1. The van der Waals surface area contributed by atoms with Crippen LogP contribution in [0, 0.1) is 10.7 Å². The van der Waals surface area contributed by atoms with E-state index in [0.717, 1.165) is 84.2 Å². The van der Waals surface area contributed by atoms with Gasteiger partial charge in [-0.1, -0.05) is 0 Å². The van der Waals surface area contributed by atoms with E-state index in [1.165, 1.54) is 6.07 Å². The highest BCUT2D eigenvalue weighted by atomic mass is 19.1. The quantitative estimate of drug-likeness (QED) is 0.153. The number of aryl methyl sites for hydroxylation is 1. The fourth-order valence-electron chi connectivity index (χ4n) is 4.98. The molecule has 6 rings (SSSR count). The van der Waals surface area contributed by atoms with Gasteiger partial charge in [0.05, 0.1) is 23.3 Å². The van der Waals surface area contributed by atoms with Crippen LogP contribution in [0.5, 0.6) is 11.5 Å². The molecule has 0 atom stereocenters. The number of carbonyl (C=O) groups is 1. The van der Waals surface area contributed by atoms with Gasteiger partial charge >= 0.3 is 0 Å². The fraction of sp³-hybridized carbons (Fsp3) is 0.345. The molecular weight excluding hydrogens is 543 g/mol. The van der Waals surface area contributed by atoms with E-state index >= 15 is 0 Å². The van der Waals surface area contributed by atoms with E-state index in [-0.39, 0.29) is 18.8 Å². The summed E-state index contributed by atoms with van der Waals surface area (Å²) in [5, 5.41) is 8.54. The molecule has 0 fully saturated rings. The van der Waals surface area contributed by atoms with Crippen LogP contribution in [0.1, 0.15) is 30.4 Å². The highest BCUT2D eigenvalue weighted by Gasteiger charge is 2.20. The van der Waals surface area contributed by atoms with Gasteiger partial charge in [0.2, 0.25) is 0 Å². The second-order valence-corrected chi connectivity index (χ2v) is 9.53. The van der Waals surface area contributed by atoms with E-state index in [9.17, 15) is 4.39 Å². The van der Waals surface area contributed by atoms with E-state index in [0.29, 0.717) is 24.7 Å². The van der Waals surface area contributed by atoms with Gasteiger partial charge in [0.25, 0.3) is 6.41 Å². The van der Waals surface area contributed by atoms with Gasteiger partial charge in [-0.25, -0.2) is 14.4 Å². The van der Waals surface area contributed by atoms with Crippen LogP contribution < -0.4 is 20.1 Å². The van der Waals surface area contributed by atoms with Crippen molar-refractivity contribution in [3.63, 3.8) is 0 Å². The van der Waals surface area contributed by atoms with Gasteiger partial charge in [0.1, 0.15) is 30.5 Å². The lowest BCUT2D eigenvalue weighted by Crippen LogP contribution is -2.22. The SMILES string of the molecule is CCn1c(CCNCCC2=Nc3c(ccnc3NCc3ncccc3F)C2)nc2cc3c(cc21)OCCO3.O=CN=O. The molecule has 0 saturated heterocycles. The van der Waals surface area contributed by atoms with E-state index in [1.807, 2.05) is 18.2 Å². The summed E-state index contributed by atoms with van der Waals surface area (Å²) in [4.78, 5) is 35.5. The molecule has 2 N–H and O–H groups in total. The number of rotatable bonds is 11. The van der Waals surface area contributed by atoms with Gasteiger partial charge in [-0.05, 0) is 37.1 Å². The number of hydrogen-bond acceptors (Lipinski definition) is 10. The average Bonchev–Trinajstić information content (AvgIpc) is 3.59. The Bertz CT molecular complexity index is 1600. The smallest absolute Gasteiger partial charge is 0.274 e. The molecule has 0 bridgehead atoms. The molecule has 1 aromatic carbocycles. The maximum Gasteiger partial charge on any atom is 0.274 e. The molecule has 0 spiro atoms. The number of pyridine rings is 2. The van der Waals surface area contributed by atoms with E-state index in [1.54, 1.807) is 23.6 Å². The number of anilines is 1. The first-order valence-corrected chi connectivity index (χ1v) is 13.7. The number of nitroso groups, excluding NO2 is 1. The molecule has 3 aromatic heterocycles. The Morgan fingerprint density at radius 1 is 1.10 bits per heavy atom. The van der Waals surface area contributed by atoms with Gasteiger partial charge in [-0.3, -0.25) is 14.8 Å². The van der Waals surface area contributed by atoms with Crippen molar-refractivity contribution in [2.24, 2.45) is 10.2 Å². The number of halogens is 1. The van der Waals surface area contributed by atoms with Crippen LogP contribution in [-0.2, 0) is 30.7 Å². The van der Waals surface area contributed by atoms with E-state index in [4.69, 9.17) is 29.2 Å². The molecule has 5 heterocycles. The molecule has 2 aliphatic heterocycles. The van der Waals surface area contributed by atoms with Crippen LogP contribution in [-0.4, -0.2) is 57.9 Å². The van der Waals surface area contributed by atoms with Gasteiger partial charge in [-0.15, -0.1) is 4.91 Å². The van der Waals surface area contributed by atoms with E-state index in [2.05, 4.69) is 32.1 Å². The third-order valence-corrected chi connectivity index (χ3v) is 6.90. The van der Waals surface area contributed by atoms with Crippen LogP contribution >= 0.6 is 0 Å². The van der Waals surface area contributed by atoms with Crippen molar-refractivity contribution in [2.45, 2.75) is 39.3 Å². The predicted molar refractivity (Wildman–Crippen MR) is 156 cm³/mol. The Labute approximate surface area is 241 Å². The van der Waals surface area contributed by atoms with Gasteiger partial charge in [0, 0.05) is 67.9 Å². The Morgan fingerprint density at radius 2 is 1.88 bits per heavy atom. The maximum absolute atomic E-state index is 13.9. The minimum absolute atomic E-state index is 0.0556. The molecule has 2 aliphatic rings. The van der Waals surface area contributed by atoms with Gasteiger partial charge in [0.15, 0.2) is 17.3 Å². The summed E-state index contributed by atoms with van der Waals surface area (Å²) < 4.78 is 27.6. The first kappa shape index (κ1) is 28.7. The summed E-state index contributed by atoms with van der Waals surface area (Å²) in [6.07, 6.45) is 5.76. The molecule has 4 aromatic rings. The second kappa shape index (κ2) is 13.7. The number of aromatic nitrogens is 4. The highest BCUT2D eigenvalue weighted by Crippen LogP contribution is 2.35. The summed E-state index contributed by atoms with van der Waals surface area (Å²) >= 11 is 0. The number of benzene rings is 1. The number of imidazole rings is 1. The number of hydrogen-bond donors (Lipinski definition) is 2. The number of nitrogens with zero attached hydrogens (tertiary/aromatic N) is 6. The largest absolute Gasteiger partial charge is 0.486 e. The second-order valence-electron chi connectivity index (χ2n) is 9.53. The Balaban J connectivity index is 0.000000830. The summed E-state index contributed by atoms with van der Waals surface area (Å²) in [6.45, 7) is 6.02. The number of fused-ring (bicyclic) bond motifs is 3. The van der Waals surface area contributed by atoms with E-state index < -0.39 is 0 Å². The highest BCUT2D eigenvalue weighted by molar-refractivity contribution is 5.96. The van der Waals surface area contributed by atoms with Crippen molar-refractivity contribution in [2.75, 3.05) is 31.6 Å². The Hall–Kier alpha value is -4.78. The van der Waals surface area contributed by atoms with Crippen LogP contribution in [0.3, 0.4) is 0 Å². The topological polar surface area (TPSA) is 145 Å². The monoisotopic (exact) mass is 574 g/mol. The van der Waals surface area contributed by atoms with Crippen molar-refractivity contribution >= 4 is 34.7 Å². The molecular formula is C29H31FN8O4. The predicted octanol–water partition coefficient (Wildman–Crippen LogP) is 4.13. The van der Waals surface area contributed by atoms with Crippen molar-refractivity contribution in [1.82, 2.24) is 24.8 Å². The summed E-state index contributed by atoms with van der Waals surface area (Å²) in [5.74, 6) is 2.93.